The van der Waals surface area contributed by atoms with E-state index in [1.165, 1.54) is 11.1 Å². The molecular weight excluding hydrogens is 439 g/mol. The number of hydrogen-bond donors (Lipinski definition) is 1. The summed E-state index contributed by atoms with van der Waals surface area (Å²) in [5.74, 6) is 0.757. The lowest BCUT2D eigenvalue weighted by atomic mass is 10.1. The highest BCUT2D eigenvalue weighted by Crippen LogP contribution is 2.24. The largest absolute Gasteiger partial charge is 0.354 e. The lowest BCUT2D eigenvalue weighted by molar-refractivity contribution is -0.138. The van der Waals surface area contributed by atoms with E-state index < -0.39 is 6.04 Å². The number of amides is 2. The standard InChI is InChI=1S/C23H28Cl2N2O2S/c1-4-11-26-23(29)17(3)27(13-18-9-10-20(24)12-21(18)25)22(28)15-30-14-19-8-6-5-7-16(19)2/h5-10,12,17H,4,11,13-15H2,1-3H3,(H,26,29). The molecule has 1 atom stereocenters. The van der Waals surface area contributed by atoms with Crippen molar-refractivity contribution in [3.8, 4) is 0 Å². The second-order valence-corrected chi connectivity index (χ2v) is 8.97. The lowest BCUT2D eigenvalue weighted by Gasteiger charge is -2.29. The van der Waals surface area contributed by atoms with Gasteiger partial charge in [-0.2, -0.15) is 0 Å². The Morgan fingerprint density at radius 3 is 2.53 bits per heavy atom. The maximum Gasteiger partial charge on any atom is 0.242 e. The topological polar surface area (TPSA) is 49.4 Å². The summed E-state index contributed by atoms with van der Waals surface area (Å²) in [5, 5.41) is 3.88. The Hall–Kier alpha value is -1.69. The van der Waals surface area contributed by atoms with E-state index in [0.29, 0.717) is 16.6 Å². The minimum Gasteiger partial charge on any atom is -0.354 e. The van der Waals surface area contributed by atoms with Crippen LogP contribution in [0.15, 0.2) is 42.5 Å². The fraction of sp³-hybridized carbons (Fsp3) is 0.391. The van der Waals surface area contributed by atoms with E-state index in [2.05, 4.69) is 24.4 Å². The molecule has 0 saturated heterocycles. The van der Waals surface area contributed by atoms with Crippen LogP contribution < -0.4 is 5.32 Å². The smallest absolute Gasteiger partial charge is 0.242 e. The zero-order chi connectivity index (χ0) is 22.1. The van der Waals surface area contributed by atoms with Gasteiger partial charge in [-0.1, -0.05) is 60.5 Å². The minimum atomic E-state index is -0.602. The molecule has 2 aromatic carbocycles. The zero-order valence-corrected chi connectivity index (χ0v) is 19.9. The Morgan fingerprint density at radius 2 is 1.87 bits per heavy atom. The van der Waals surface area contributed by atoms with E-state index in [4.69, 9.17) is 23.2 Å². The Kier molecular flexibility index (Phi) is 10.0. The molecule has 0 radical (unpaired) electrons. The van der Waals surface area contributed by atoms with Crippen molar-refractivity contribution in [3.05, 3.63) is 69.2 Å². The number of aryl methyl sites for hydroxylation is 1. The van der Waals surface area contributed by atoms with Crippen molar-refractivity contribution >= 4 is 46.8 Å². The molecule has 0 aromatic heterocycles. The van der Waals surface area contributed by atoms with Gasteiger partial charge in [0.25, 0.3) is 0 Å². The van der Waals surface area contributed by atoms with Gasteiger partial charge in [-0.05, 0) is 49.1 Å². The summed E-state index contributed by atoms with van der Waals surface area (Å²) in [5.41, 5.74) is 3.17. The van der Waals surface area contributed by atoms with Crippen molar-refractivity contribution in [1.29, 1.82) is 0 Å². The molecule has 0 saturated carbocycles. The van der Waals surface area contributed by atoms with Gasteiger partial charge in [0.2, 0.25) is 11.8 Å². The lowest BCUT2D eigenvalue weighted by Crippen LogP contribution is -2.48. The Bertz CT molecular complexity index is 876. The molecule has 1 N–H and O–H groups in total. The number of nitrogens with one attached hydrogen (secondary N) is 1. The van der Waals surface area contributed by atoms with Gasteiger partial charge in [-0.25, -0.2) is 0 Å². The zero-order valence-electron chi connectivity index (χ0n) is 17.6. The first kappa shape index (κ1) is 24.6. The average Bonchev–Trinajstić information content (AvgIpc) is 2.72. The van der Waals surface area contributed by atoms with Gasteiger partial charge < -0.3 is 10.2 Å². The fourth-order valence-corrected chi connectivity index (χ4v) is 4.37. The first-order valence-corrected chi connectivity index (χ1v) is 11.9. The second-order valence-electron chi connectivity index (χ2n) is 7.14. The van der Waals surface area contributed by atoms with E-state index in [0.717, 1.165) is 17.7 Å². The van der Waals surface area contributed by atoms with Crippen molar-refractivity contribution in [2.75, 3.05) is 12.3 Å². The van der Waals surface area contributed by atoms with Crippen LogP contribution >= 0.6 is 35.0 Å². The van der Waals surface area contributed by atoms with Crippen LogP contribution in [0.2, 0.25) is 10.0 Å². The summed E-state index contributed by atoms with van der Waals surface area (Å²) in [6.45, 7) is 6.63. The van der Waals surface area contributed by atoms with Gasteiger partial charge in [0.1, 0.15) is 6.04 Å². The molecule has 2 amide bonds. The predicted octanol–water partition coefficient (Wildman–Crippen LogP) is 5.48. The highest BCUT2D eigenvalue weighted by atomic mass is 35.5. The molecule has 0 bridgehead atoms. The number of halogens is 2. The summed E-state index contributed by atoms with van der Waals surface area (Å²) in [6.07, 6.45) is 0.835. The average molecular weight is 467 g/mol. The Labute approximate surface area is 193 Å². The van der Waals surface area contributed by atoms with Gasteiger partial charge in [-0.15, -0.1) is 11.8 Å². The van der Waals surface area contributed by atoms with Crippen LogP contribution in [0.1, 0.15) is 37.0 Å². The van der Waals surface area contributed by atoms with Crippen LogP contribution in [0.4, 0.5) is 0 Å². The summed E-state index contributed by atoms with van der Waals surface area (Å²) < 4.78 is 0. The monoisotopic (exact) mass is 466 g/mol. The molecule has 2 aromatic rings. The molecule has 30 heavy (non-hydrogen) atoms. The number of carbonyl (C=O) groups excluding carboxylic acids is 2. The van der Waals surface area contributed by atoms with Crippen molar-refractivity contribution in [2.24, 2.45) is 0 Å². The number of hydrogen-bond acceptors (Lipinski definition) is 3. The molecule has 162 valence electrons. The van der Waals surface area contributed by atoms with E-state index in [1.807, 2.05) is 19.1 Å². The molecule has 1 unspecified atom stereocenters. The van der Waals surface area contributed by atoms with Gasteiger partial charge >= 0.3 is 0 Å². The SMILES string of the molecule is CCCNC(=O)C(C)N(Cc1ccc(Cl)cc1Cl)C(=O)CSCc1ccccc1C. The quantitative estimate of drug-likeness (QED) is 0.504. The number of benzene rings is 2. The van der Waals surface area contributed by atoms with Crippen molar-refractivity contribution in [3.63, 3.8) is 0 Å². The first-order chi connectivity index (χ1) is 14.3. The number of rotatable bonds is 10. The van der Waals surface area contributed by atoms with E-state index >= 15 is 0 Å². The molecule has 4 nitrogen and oxygen atoms in total. The number of thioether (sulfide) groups is 1. The molecule has 7 heteroatoms. The fourth-order valence-electron chi connectivity index (χ4n) is 2.92. The van der Waals surface area contributed by atoms with Crippen LogP contribution in [0.25, 0.3) is 0 Å². The molecular formula is C23H28Cl2N2O2S. The molecule has 0 aliphatic heterocycles. The predicted molar refractivity (Wildman–Crippen MR) is 127 cm³/mol. The van der Waals surface area contributed by atoms with Gasteiger partial charge in [0.15, 0.2) is 0 Å². The molecule has 0 aliphatic carbocycles. The maximum atomic E-state index is 13.1. The highest BCUT2D eigenvalue weighted by Gasteiger charge is 2.26. The van der Waals surface area contributed by atoms with Crippen LogP contribution in [0, 0.1) is 6.92 Å². The number of nitrogens with zero attached hydrogens (tertiary/aromatic N) is 1. The summed E-state index contributed by atoms with van der Waals surface area (Å²) in [6, 6.07) is 12.7. The molecule has 0 aliphatic rings. The van der Waals surface area contributed by atoms with Gasteiger partial charge in [-0.3, -0.25) is 9.59 Å². The van der Waals surface area contributed by atoms with Gasteiger partial charge in [0, 0.05) is 28.9 Å². The second kappa shape index (κ2) is 12.2. The van der Waals surface area contributed by atoms with Crippen molar-refractivity contribution < 1.29 is 9.59 Å². The Balaban J connectivity index is 2.11. The summed E-state index contributed by atoms with van der Waals surface area (Å²) >= 11 is 13.9. The summed E-state index contributed by atoms with van der Waals surface area (Å²) in [7, 11) is 0. The molecule has 0 spiro atoms. The normalized spacial score (nSPS) is 11.8. The molecule has 2 rings (SSSR count). The minimum absolute atomic E-state index is 0.0984. The van der Waals surface area contributed by atoms with Crippen LogP contribution in [-0.4, -0.2) is 35.1 Å². The molecule has 0 heterocycles. The van der Waals surface area contributed by atoms with E-state index in [9.17, 15) is 9.59 Å². The number of carbonyl (C=O) groups is 2. The van der Waals surface area contributed by atoms with Crippen molar-refractivity contribution in [1.82, 2.24) is 10.2 Å². The Morgan fingerprint density at radius 1 is 1.13 bits per heavy atom. The highest BCUT2D eigenvalue weighted by molar-refractivity contribution is 7.99. The molecule has 0 fully saturated rings. The maximum absolute atomic E-state index is 13.1. The van der Waals surface area contributed by atoms with Crippen LogP contribution in [0.3, 0.4) is 0 Å². The summed E-state index contributed by atoms with van der Waals surface area (Å²) in [4.78, 5) is 27.2. The first-order valence-electron chi connectivity index (χ1n) is 9.96. The van der Waals surface area contributed by atoms with Crippen LogP contribution in [0.5, 0.6) is 0 Å². The van der Waals surface area contributed by atoms with E-state index in [-0.39, 0.29) is 24.1 Å². The third kappa shape index (κ3) is 7.22. The third-order valence-corrected chi connectivity index (χ3v) is 6.37. The third-order valence-electron chi connectivity index (χ3n) is 4.82. The van der Waals surface area contributed by atoms with E-state index in [1.54, 1.807) is 41.8 Å². The van der Waals surface area contributed by atoms with Crippen molar-refractivity contribution in [2.45, 2.75) is 45.5 Å². The van der Waals surface area contributed by atoms with Crippen LogP contribution in [-0.2, 0) is 21.9 Å². The van der Waals surface area contributed by atoms with Gasteiger partial charge in [0.05, 0.1) is 5.75 Å².